The van der Waals surface area contributed by atoms with Gasteiger partial charge in [0.1, 0.15) is 0 Å². The standard InChI is InChI=1S/C31H43N/c1-6-9-10-11-15-25-20-27-26-16-12-13-17-30(26)32-21-29(22(4)14-7-2)23(5)18-31(32)28(27)19-24(25)8-3/h18-21,26,30H,4-17H2,1-3H3. The van der Waals surface area contributed by atoms with Crippen LogP contribution in [0, 0.1) is 0 Å². The molecular weight excluding hydrogens is 386 g/mol. The van der Waals surface area contributed by atoms with Gasteiger partial charge in [0, 0.05) is 29.4 Å². The maximum Gasteiger partial charge on any atom is 0.0491 e. The summed E-state index contributed by atoms with van der Waals surface area (Å²) in [6.45, 7) is 15.7. The van der Waals surface area contributed by atoms with Crippen LogP contribution in [0.25, 0.3) is 5.70 Å². The Morgan fingerprint density at radius 2 is 1.81 bits per heavy atom. The van der Waals surface area contributed by atoms with Gasteiger partial charge in [0.25, 0.3) is 0 Å². The minimum absolute atomic E-state index is 0.584. The maximum atomic E-state index is 4.45. The molecule has 172 valence electrons. The van der Waals surface area contributed by atoms with Gasteiger partial charge in [-0.1, -0.05) is 78.5 Å². The first-order valence-electron chi connectivity index (χ1n) is 13.3. The predicted octanol–water partition coefficient (Wildman–Crippen LogP) is 8.86. The number of hydrogen-bond donors (Lipinski definition) is 0. The molecule has 0 saturated heterocycles. The molecule has 0 aromatic heterocycles. The Labute approximate surface area is 197 Å². The molecule has 2 aliphatic heterocycles. The van der Waals surface area contributed by atoms with Crippen molar-refractivity contribution in [2.45, 2.75) is 110 Å². The van der Waals surface area contributed by atoms with Crippen molar-refractivity contribution in [2.75, 3.05) is 0 Å². The third kappa shape index (κ3) is 4.41. The Morgan fingerprint density at radius 1 is 1.00 bits per heavy atom. The number of aryl methyl sites for hydroxylation is 2. The van der Waals surface area contributed by atoms with Crippen molar-refractivity contribution in [2.24, 2.45) is 0 Å². The molecule has 1 saturated carbocycles. The summed E-state index contributed by atoms with van der Waals surface area (Å²) in [5.41, 5.74) is 11.3. The fourth-order valence-corrected chi connectivity index (χ4v) is 6.20. The summed E-state index contributed by atoms with van der Waals surface area (Å²) in [7, 11) is 0. The van der Waals surface area contributed by atoms with E-state index in [0.29, 0.717) is 12.0 Å². The van der Waals surface area contributed by atoms with E-state index < -0.39 is 0 Å². The molecule has 2 heterocycles. The van der Waals surface area contributed by atoms with Crippen LogP contribution in [0.2, 0.25) is 0 Å². The Morgan fingerprint density at radius 3 is 2.56 bits per heavy atom. The summed E-state index contributed by atoms with van der Waals surface area (Å²) >= 11 is 0. The summed E-state index contributed by atoms with van der Waals surface area (Å²) in [4.78, 5) is 2.62. The van der Waals surface area contributed by atoms with Crippen LogP contribution in [0.3, 0.4) is 0 Å². The molecule has 0 bridgehead atoms. The van der Waals surface area contributed by atoms with Gasteiger partial charge in [0.05, 0.1) is 0 Å². The number of benzene rings is 1. The molecule has 0 radical (unpaired) electrons. The van der Waals surface area contributed by atoms with E-state index in [9.17, 15) is 0 Å². The molecule has 3 aliphatic rings. The maximum absolute atomic E-state index is 4.45. The lowest BCUT2D eigenvalue weighted by Gasteiger charge is -2.48. The first-order chi connectivity index (χ1) is 15.6. The van der Waals surface area contributed by atoms with E-state index >= 15 is 0 Å². The number of hydrogen-bond acceptors (Lipinski definition) is 1. The molecule has 4 rings (SSSR count). The van der Waals surface area contributed by atoms with Gasteiger partial charge in [-0.2, -0.15) is 0 Å². The van der Waals surface area contributed by atoms with Crippen LogP contribution in [0.4, 0.5) is 0 Å². The van der Waals surface area contributed by atoms with E-state index in [0.717, 1.165) is 24.8 Å². The monoisotopic (exact) mass is 429 g/mol. The average molecular weight is 430 g/mol. The van der Waals surface area contributed by atoms with Gasteiger partial charge in [0.2, 0.25) is 0 Å². The lowest BCUT2D eigenvalue weighted by atomic mass is 9.72. The SMILES string of the molecule is C=C1C=C2c3cc(CC)c(CCCCCC)cc3C3CCCCC3N2C=C1C(=C)CCC. The summed E-state index contributed by atoms with van der Waals surface area (Å²) in [6, 6.07) is 5.75. The van der Waals surface area contributed by atoms with Gasteiger partial charge < -0.3 is 4.90 Å². The van der Waals surface area contributed by atoms with E-state index in [1.807, 2.05) is 0 Å². The second-order valence-corrected chi connectivity index (χ2v) is 10.2. The summed E-state index contributed by atoms with van der Waals surface area (Å²) in [6.07, 6.45) is 20.0. The average Bonchev–Trinajstić information content (AvgIpc) is 2.81. The van der Waals surface area contributed by atoms with Crippen molar-refractivity contribution < 1.29 is 0 Å². The second kappa shape index (κ2) is 10.3. The number of nitrogens with zero attached hydrogens (tertiary/aromatic N) is 1. The fourth-order valence-electron chi connectivity index (χ4n) is 6.20. The minimum atomic E-state index is 0.584. The lowest BCUT2D eigenvalue weighted by Crippen LogP contribution is -2.42. The van der Waals surface area contributed by atoms with Crippen LogP contribution in [-0.2, 0) is 12.8 Å². The van der Waals surface area contributed by atoms with Gasteiger partial charge in [-0.05, 0) is 84.1 Å². The highest BCUT2D eigenvalue weighted by Crippen LogP contribution is 2.49. The molecule has 1 aromatic rings. The topological polar surface area (TPSA) is 3.24 Å². The molecule has 2 atom stereocenters. The summed E-state index contributed by atoms with van der Waals surface area (Å²) < 4.78 is 0. The van der Waals surface area contributed by atoms with Crippen molar-refractivity contribution in [1.82, 2.24) is 4.90 Å². The normalized spacial score (nSPS) is 22.0. The van der Waals surface area contributed by atoms with E-state index in [2.05, 4.69) is 63.2 Å². The fraction of sp³-hybridized carbons (Fsp3) is 0.548. The van der Waals surface area contributed by atoms with E-state index in [1.165, 1.54) is 80.2 Å². The van der Waals surface area contributed by atoms with Crippen LogP contribution in [0.5, 0.6) is 0 Å². The molecule has 0 amide bonds. The number of fused-ring (bicyclic) bond motifs is 6. The third-order valence-corrected chi connectivity index (χ3v) is 7.95. The van der Waals surface area contributed by atoms with E-state index in [1.54, 1.807) is 16.7 Å². The molecule has 1 aromatic carbocycles. The van der Waals surface area contributed by atoms with Crippen molar-refractivity contribution in [3.05, 3.63) is 76.5 Å². The highest BCUT2D eigenvalue weighted by molar-refractivity contribution is 5.78. The highest BCUT2D eigenvalue weighted by Gasteiger charge is 2.40. The first kappa shape index (κ1) is 23.1. The van der Waals surface area contributed by atoms with Crippen molar-refractivity contribution in [3.8, 4) is 0 Å². The van der Waals surface area contributed by atoms with Gasteiger partial charge in [-0.3, -0.25) is 0 Å². The molecule has 0 N–H and O–H groups in total. The Hall–Kier alpha value is -2.02. The first-order valence-corrected chi connectivity index (χ1v) is 13.3. The predicted molar refractivity (Wildman–Crippen MR) is 140 cm³/mol. The van der Waals surface area contributed by atoms with Gasteiger partial charge in [-0.15, -0.1) is 0 Å². The van der Waals surface area contributed by atoms with Crippen LogP contribution in [-0.4, -0.2) is 10.9 Å². The molecular formula is C31H43N. The molecule has 2 unspecified atom stereocenters. The van der Waals surface area contributed by atoms with Crippen molar-refractivity contribution in [1.29, 1.82) is 0 Å². The molecule has 1 aliphatic carbocycles. The van der Waals surface area contributed by atoms with Crippen LogP contribution >= 0.6 is 0 Å². The molecule has 1 fully saturated rings. The van der Waals surface area contributed by atoms with E-state index in [-0.39, 0.29) is 0 Å². The largest absolute Gasteiger partial charge is 0.343 e. The van der Waals surface area contributed by atoms with E-state index in [4.69, 9.17) is 0 Å². The molecule has 1 heteroatoms. The lowest BCUT2D eigenvalue weighted by molar-refractivity contribution is 0.239. The van der Waals surface area contributed by atoms with Crippen LogP contribution in [0.1, 0.15) is 113 Å². The number of unbranched alkanes of at least 4 members (excludes halogenated alkanes) is 3. The summed E-state index contributed by atoms with van der Waals surface area (Å²) in [5, 5.41) is 0. The van der Waals surface area contributed by atoms with Crippen molar-refractivity contribution >= 4 is 5.70 Å². The molecule has 0 spiro atoms. The zero-order chi connectivity index (χ0) is 22.7. The Kier molecular flexibility index (Phi) is 7.44. The van der Waals surface area contributed by atoms with Crippen molar-refractivity contribution in [3.63, 3.8) is 0 Å². The number of allylic oxidation sites excluding steroid dienone is 4. The Balaban J connectivity index is 1.75. The summed E-state index contributed by atoms with van der Waals surface area (Å²) in [5.74, 6) is 0.652. The van der Waals surface area contributed by atoms with Crippen LogP contribution < -0.4 is 0 Å². The zero-order valence-electron chi connectivity index (χ0n) is 20.8. The molecule has 1 nitrogen and oxygen atoms in total. The van der Waals surface area contributed by atoms with Gasteiger partial charge >= 0.3 is 0 Å². The minimum Gasteiger partial charge on any atom is -0.343 e. The Bertz CT molecular complexity index is 928. The third-order valence-electron chi connectivity index (χ3n) is 7.95. The quantitative estimate of drug-likeness (QED) is 0.354. The molecule has 32 heavy (non-hydrogen) atoms. The van der Waals surface area contributed by atoms with Gasteiger partial charge in [-0.25, -0.2) is 0 Å². The number of rotatable bonds is 9. The van der Waals surface area contributed by atoms with Gasteiger partial charge in [0.15, 0.2) is 0 Å². The second-order valence-electron chi connectivity index (χ2n) is 10.2. The highest BCUT2D eigenvalue weighted by atomic mass is 15.2. The van der Waals surface area contributed by atoms with Crippen LogP contribution in [0.15, 0.2) is 54.3 Å². The smallest absolute Gasteiger partial charge is 0.0491 e. The zero-order valence-corrected chi connectivity index (χ0v) is 20.8.